The Labute approximate surface area is 126 Å². The lowest BCUT2D eigenvalue weighted by molar-refractivity contribution is -0.120. The van der Waals surface area contributed by atoms with Crippen LogP contribution in [0.2, 0.25) is 0 Å². The minimum atomic E-state index is -0.111. The summed E-state index contributed by atoms with van der Waals surface area (Å²) in [4.78, 5) is 11.7. The molecule has 110 valence electrons. The second kappa shape index (κ2) is 8.22. The lowest BCUT2D eigenvalue weighted by atomic mass is 10.1. The number of carbonyl (C=O) groups is 1. The molecule has 0 spiro atoms. The Morgan fingerprint density at radius 1 is 1.10 bits per heavy atom. The number of amides is 1. The second-order valence-electron chi connectivity index (χ2n) is 5.06. The van der Waals surface area contributed by atoms with Gasteiger partial charge in [-0.2, -0.15) is 0 Å². The number of aryl methyl sites for hydroxylation is 2. The topological polar surface area (TPSA) is 38.3 Å². The first-order chi connectivity index (χ1) is 10.2. The van der Waals surface area contributed by atoms with Gasteiger partial charge in [0.15, 0.2) is 0 Å². The van der Waals surface area contributed by atoms with E-state index in [9.17, 15) is 4.79 Å². The highest BCUT2D eigenvalue weighted by Crippen LogP contribution is 2.09. The molecule has 3 heteroatoms. The zero-order valence-corrected chi connectivity index (χ0v) is 12.3. The molecule has 0 bridgehead atoms. The Hall–Kier alpha value is -2.13. The van der Waals surface area contributed by atoms with Crippen molar-refractivity contribution < 1.29 is 9.53 Å². The minimum Gasteiger partial charge on any atom is -0.372 e. The average molecular weight is 283 g/mol. The van der Waals surface area contributed by atoms with E-state index in [4.69, 9.17) is 4.74 Å². The molecule has 0 saturated heterocycles. The van der Waals surface area contributed by atoms with Crippen LogP contribution in [0.5, 0.6) is 0 Å². The Bertz CT molecular complexity index is 566. The lowest BCUT2D eigenvalue weighted by Gasteiger charge is -2.07. The van der Waals surface area contributed by atoms with Gasteiger partial charge in [-0.15, -0.1) is 0 Å². The Kier molecular flexibility index (Phi) is 5.98. The molecule has 0 aromatic heterocycles. The van der Waals surface area contributed by atoms with E-state index in [1.54, 1.807) is 0 Å². The van der Waals surface area contributed by atoms with Gasteiger partial charge in [0.05, 0.1) is 0 Å². The van der Waals surface area contributed by atoms with Gasteiger partial charge in [-0.25, -0.2) is 0 Å². The normalized spacial score (nSPS) is 10.3. The Morgan fingerprint density at radius 3 is 2.67 bits per heavy atom. The van der Waals surface area contributed by atoms with Crippen LogP contribution in [0.1, 0.15) is 17.5 Å². The number of hydrogen-bond acceptors (Lipinski definition) is 2. The molecule has 1 N–H and O–H groups in total. The maximum atomic E-state index is 11.7. The van der Waals surface area contributed by atoms with Crippen LogP contribution < -0.4 is 5.32 Å². The number of anilines is 1. The number of nitrogens with one attached hydrogen (secondary N) is 1. The van der Waals surface area contributed by atoms with Crippen molar-refractivity contribution in [3.05, 3.63) is 65.7 Å². The highest BCUT2D eigenvalue weighted by Gasteiger charge is 2.02. The zero-order chi connectivity index (χ0) is 14.9. The number of rotatable bonds is 7. The molecule has 0 saturated carbocycles. The van der Waals surface area contributed by atoms with E-state index in [0.29, 0.717) is 6.61 Å². The summed E-state index contributed by atoms with van der Waals surface area (Å²) >= 11 is 0. The van der Waals surface area contributed by atoms with E-state index in [2.05, 4.69) is 17.4 Å². The van der Waals surface area contributed by atoms with Gasteiger partial charge in [0.1, 0.15) is 6.61 Å². The minimum absolute atomic E-state index is 0.0999. The van der Waals surface area contributed by atoms with Crippen molar-refractivity contribution in [1.29, 1.82) is 0 Å². The summed E-state index contributed by atoms with van der Waals surface area (Å²) < 4.78 is 5.41. The summed E-state index contributed by atoms with van der Waals surface area (Å²) in [6, 6.07) is 18.0. The van der Waals surface area contributed by atoms with Gasteiger partial charge in [-0.05, 0) is 43.0 Å². The van der Waals surface area contributed by atoms with Gasteiger partial charge >= 0.3 is 0 Å². The SMILES string of the molecule is Cc1cccc(NC(=O)COCCCc2ccccc2)c1. The van der Waals surface area contributed by atoms with Gasteiger partial charge < -0.3 is 10.1 Å². The van der Waals surface area contributed by atoms with Crippen LogP contribution in [-0.2, 0) is 16.0 Å². The summed E-state index contributed by atoms with van der Waals surface area (Å²) in [5.41, 5.74) is 3.23. The molecule has 0 radical (unpaired) electrons. The fraction of sp³-hybridized carbons (Fsp3) is 0.278. The molecule has 3 nitrogen and oxygen atoms in total. The molecule has 0 aliphatic carbocycles. The maximum Gasteiger partial charge on any atom is 0.250 e. The fourth-order valence-electron chi connectivity index (χ4n) is 2.11. The standard InChI is InChI=1S/C18H21NO2/c1-15-7-5-11-17(13-15)19-18(20)14-21-12-6-10-16-8-3-2-4-9-16/h2-5,7-9,11,13H,6,10,12,14H2,1H3,(H,19,20). The predicted molar refractivity (Wildman–Crippen MR) is 85.4 cm³/mol. The van der Waals surface area contributed by atoms with Gasteiger partial charge in [0.25, 0.3) is 0 Å². The zero-order valence-electron chi connectivity index (χ0n) is 12.3. The average Bonchev–Trinajstić information content (AvgIpc) is 2.48. The molecule has 0 heterocycles. The van der Waals surface area contributed by atoms with E-state index in [1.807, 2.05) is 49.4 Å². The molecular formula is C18H21NO2. The smallest absolute Gasteiger partial charge is 0.250 e. The van der Waals surface area contributed by atoms with Crippen LogP contribution in [0.4, 0.5) is 5.69 Å². The van der Waals surface area contributed by atoms with E-state index in [0.717, 1.165) is 24.1 Å². The number of benzene rings is 2. The molecular weight excluding hydrogens is 262 g/mol. The van der Waals surface area contributed by atoms with Gasteiger partial charge in [-0.3, -0.25) is 4.79 Å². The van der Waals surface area contributed by atoms with E-state index in [-0.39, 0.29) is 12.5 Å². The molecule has 0 aliphatic heterocycles. The molecule has 21 heavy (non-hydrogen) atoms. The van der Waals surface area contributed by atoms with Crippen LogP contribution in [0.25, 0.3) is 0 Å². The number of carbonyl (C=O) groups excluding carboxylic acids is 1. The van der Waals surface area contributed by atoms with Crippen LogP contribution in [0.15, 0.2) is 54.6 Å². The number of hydrogen-bond donors (Lipinski definition) is 1. The third kappa shape index (κ3) is 5.79. The van der Waals surface area contributed by atoms with E-state index in [1.165, 1.54) is 5.56 Å². The molecule has 0 fully saturated rings. The first-order valence-electron chi connectivity index (χ1n) is 7.22. The van der Waals surface area contributed by atoms with Gasteiger partial charge in [0.2, 0.25) is 5.91 Å². The summed E-state index contributed by atoms with van der Waals surface area (Å²) in [5, 5.41) is 2.83. The molecule has 2 aromatic rings. The van der Waals surface area contributed by atoms with Crippen molar-refractivity contribution >= 4 is 11.6 Å². The van der Waals surface area contributed by atoms with Crippen molar-refractivity contribution in [3.8, 4) is 0 Å². The van der Waals surface area contributed by atoms with Crippen LogP contribution in [-0.4, -0.2) is 19.1 Å². The van der Waals surface area contributed by atoms with Gasteiger partial charge in [-0.1, -0.05) is 42.5 Å². The monoisotopic (exact) mass is 283 g/mol. The molecule has 2 aromatic carbocycles. The first-order valence-corrected chi connectivity index (χ1v) is 7.22. The van der Waals surface area contributed by atoms with Crippen molar-refractivity contribution in [1.82, 2.24) is 0 Å². The van der Waals surface area contributed by atoms with Gasteiger partial charge in [0, 0.05) is 12.3 Å². The largest absolute Gasteiger partial charge is 0.372 e. The van der Waals surface area contributed by atoms with Crippen molar-refractivity contribution in [3.63, 3.8) is 0 Å². The molecule has 0 unspecified atom stereocenters. The number of ether oxygens (including phenoxy) is 1. The highest BCUT2D eigenvalue weighted by atomic mass is 16.5. The van der Waals surface area contributed by atoms with Crippen LogP contribution in [0.3, 0.4) is 0 Å². The molecule has 2 rings (SSSR count). The first kappa shape index (κ1) is 15.3. The Balaban J connectivity index is 1.61. The third-order valence-corrected chi connectivity index (χ3v) is 3.13. The van der Waals surface area contributed by atoms with Crippen molar-refractivity contribution in [2.75, 3.05) is 18.5 Å². The second-order valence-corrected chi connectivity index (χ2v) is 5.06. The highest BCUT2D eigenvalue weighted by molar-refractivity contribution is 5.91. The molecule has 0 atom stereocenters. The van der Waals surface area contributed by atoms with Crippen molar-refractivity contribution in [2.24, 2.45) is 0 Å². The lowest BCUT2D eigenvalue weighted by Crippen LogP contribution is -2.18. The summed E-state index contributed by atoms with van der Waals surface area (Å²) in [7, 11) is 0. The van der Waals surface area contributed by atoms with Crippen LogP contribution in [0, 0.1) is 6.92 Å². The molecule has 0 aliphatic rings. The predicted octanol–water partition coefficient (Wildman–Crippen LogP) is 3.58. The quantitative estimate of drug-likeness (QED) is 0.789. The summed E-state index contributed by atoms with van der Waals surface area (Å²) in [6.45, 7) is 2.69. The van der Waals surface area contributed by atoms with E-state index < -0.39 is 0 Å². The van der Waals surface area contributed by atoms with Crippen LogP contribution >= 0.6 is 0 Å². The third-order valence-electron chi connectivity index (χ3n) is 3.13. The summed E-state index contributed by atoms with van der Waals surface area (Å²) in [5.74, 6) is -0.111. The van der Waals surface area contributed by atoms with Crippen molar-refractivity contribution in [2.45, 2.75) is 19.8 Å². The Morgan fingerprint density at radius 2 is 1.90 bits per heavy atom. The van der Waals surface area contributed by atoms with E-state index >= 15 is 0 Å². The molecule has 1 amide bonds. The fourth-order valence-corrected chi connectivity index (χ4v) is 2.11. The maximum absolute atomic E-state index is 11.7. The summed E-state index contributed by atoms with van der Waals surface area (Å²) in [6.07, 6.45) is 1.89.